The SMILES string of the molecule is CCCCC/C=C\C/C=C\CCCCCCCC(=O)OCC(COC1OC(C(=O)O)C(O)C(O)C1OC(=O)CCCCCCCCCCCCCCCCC)OC(=O)CCCCCCCCCCC. The Morgan fingerprint density at radius 1 is 0.478 bits per heavy atom. The lowest BCUT2D eigenvalue weighted by Crippen LogP contribution is -2.61. The molecule has 1 aliphatic heterocycles. The Morgan fingerprint density at radius 2 is 0.870 bits per heavy atom. The second-order valence-corrected chi connectivity index (χ2v) is 19.6. The van der Waals surface area contributed by atoms with Crippen LogP contribution in [0.1, 0.15) is 265 Å². The zero-order valence-electron chi connectivity index (χ0n) is 44.1. The average Bonchev–Trinajstić information content (AvgIpc) is 3.33. The number of ether oxygens (including phenoxy) is 5. The van der Waals surface area contributed by atoms with Crippen LogP contribution in [0.3, 0.4) is 0 Å². The van der Waals surface area contributed by atoms with Gasteiger partial charge in [-0.05, 0) is 51.4 Å². The Morgan fingerprint density at radius 3 is 1.33 bits per heavy atom. The summed E-state index contributed by atoms with van der Waals surface area (Å²) in [6.07, 6.45) is 38.8. The number of carboxylic acids is 1. The minimum Gasteiger partial charge on any atom is -0.479 e. The van der Waals surface area contributed by atoms with E-state index in [-0.39, 0.29) is 25.9 Å². The highest BCUT2D eigenvalue weighted by atomic mass is 16.7. The fraction of sp³-hybridized carbons (Fsp3) is 0.860. The highest BCUT2D eigenvalue weighted by Gasteiger charge is 2.50. The van der Waals surface area contributed by atoms with Crippen molar-refractivity contribution in [2.24, 2.45) is 0 Å². The third kappa shape index (κ3) is 36.7. The second-order valence-electron chi connectivity index (χ2n) is 19.6. The predicted molar refractivity (Wildman–Crippen MR) is 276 cm³/mol. The Hall–Kier alpha value is -2.80. The molecular formula is C57H102O12. The largest absolute Gasteiger partial charge is 0.479 e. The minimum absolute atomic E-state index is 0.0659. The Bertz CT molecular complexity index is 1300. The van der Waals surface area contributed by atoms with Crippen molar-refractivity contribution in [2.45, 2.75) is 302 Å². The first-order valence-corrected chi connectivity index (χ1v) is 28.3. The molecule has 1 fully saturated rings. The lowest BCUT2D eigenvalue weighted by atomic mass is 9.98. The van der Waals surface area contributed by atoms with Crippen molar-refractivity contribution in [3.8, 4) is 0 Å². The molecule has 0 aromatic heterocycles. The quantitative estimate of drug-likeness (QED) is 0.0228. The predicted octanol–water partition coefficient (Wildman–Crippen LogP) is 13.9. The van der Waals surface area contributed by atoms with Crippen molar-refractivity contribution >= 4 is 23.9 Å². The Balaban J connectivity index is 2.67. The summed E-state index contributed by atoms with van der Waals surface area (Å²) in [6, 6.07) is 0. The van der Waals surface area contributed by atoms with Crippen LogP contribution in [-0.2, 0) is 42.9 Å². The van der Waals surface area contributed by atoms with Crippen LogP contribution in [0.5, 0.6) is 0 Å². The maximum atomic E-state index is 13.0. The Kier molecular flexibility index (Phi) is 43.1. The van der Waals surface area contributed by atoms with Gasteiger partial charge in [-0.2, -0.15) is 0 Å². The number of carbonyl (C=O) groups excluding carboxylic acids is 3. The molecular weight excluding hydrogens is 877 g/mol. The number of esters is 3. The number of carboxylic acid groups (broad SMARTS) is 1. The molecule has 3 N–H and O–H groups in total. The first-order chi connectivity index (χ1) is 33.6. The average molecular weight is 979 g/mol. The van der Waals surface area contributed by atoms with Gasteiger partial charge in [-0.1, -0.05) is 218 Å². The number of aliphatic carboxylic acids is 1. The second kappa shape index (κ2) is 46.3. The number of rotatable bonds is 48. The van der Waals surface area contributed by atoms with Crippen LogP contribution in [0, 0.1) is 0 Å². The van der Waals surface area contributed by atoms with Crippen LogP contribution in [0.2, 0.25) is 0 Å². The highest BCUT2D eigenvalue weighted by molar-refractivity contribution is 5.74. The summed E-state index contributed by atoms with van der Waals surface area (Å²) >= 11 is 0. The lowest BCUT2D eigenvalue weighted by Gasteiger charge is -2.40. The molecule has 1 aliphatic rings. The molecule has 0 aromatic carbocycles. The molecule has 6 unspecified atom stereocenters. The van der Waals surface area contributed by atoms with Gasteiger partial charge in [0.1, 0.15) is 18.8 Å². The topological polar surface area (TPSA) is 175 Å². The summed E-state index contributed by atoms with van der Waals surface area (Å²) in [5.74, 6) is -3.11. The van der Waals surface area contributed by atoms with E-state index in [2.05, 4.69) is 45.1 Å². The van der Waals surface area contributed by atoms with Gasteiger partial charge in [-0.3, -0.25) is 14.4 Å². The molecule has 1 heterocycles. The molecule has 6 atom stereocenters. The Labute approximate surface area is 419 Å². The summed E-state index contributed by atoms with van der Waals surface area (Å²) in [4.78, 5) is 50.9. The van der Waals surface area contributed by atoms with E-state index >= 15 is 0 Å². The molecule has 0 radical (unpaired) electrons. The lowest BCUT2D eigenvalue weighted by molar-refractivity contribution is -0.301. The maximum absolute atomic E-state index is 13.0. The van der Waals surface area contributed by atoms with E-state index in [1.165, 1.54) is 122 Å². The van der Waals surface area contributed by atoms with Gasteiger partial charge in [-0.25, -0.2) is 4.79 Å². The third-order valence-corrected chi connectivity index (χ3v) is 13.0. The van der Waals surface area contributed by atoms with Gasteiger partial charge in [0, 0.05) is 19.3 Å². The van der Waals surface area contributed by atoms with Crippen LogP contribution < -0.4 is 0 Å². The van der Waals surface area contributed by atoms with Crippen molar-refractivity contribution in [1.29, 1.82) is 0 Å². The van der Waals surface area contributed by atoms with Crippen molar-refractivity contribution in [2.75, 3.05) is 13.2 Å². The van der Waals surface area contributed by atoms with Gasteiger partial charge in [0.05, 0.1) is 6.61 Å². The number of hydrogen-bond donors (Lipinski definition) is 3. The number of hydrogen-bond acceptors (Lipinski definition) is 11. The molecule has 1 rings (SSSR count). The molecule has 0 saturated carbocycles. The molecule has 12 heteroatoms. The van der Waals surface area contributed by atoms with Crippen LogP contribution >= 0.6 is 0 Å². The first-order valence-electron chi connectivity index (χ1n) is 28.3. The van der Waals surface area contributed by atoms with Gasteiger partial charge in [0.25, 0.3) is 0 Å². The number of allylic oxidation sites excluding steroid dienone is 4. The standard InChI is InChI=1S/C57H102O12/c1-4-7-10-13-16-19-21-23-25-27-29-32-34-37-40-43-49(58)65-46-48(67-50(59)44-41-38-35-31-18-15-12-9-6-3)47-66-57-55(53(62)52(61)54(69-57)56(63)64)68-51(60)45-42-39-36-33-30-28-26-24-22-20-17-14-11-8-5-2/h16,19,23,25,48,52-55,57,61-62H,4-15,17-18,20-22,24,26-47H2,1-3H3,(H,63,64)/b19-16-,25-23-. The zero-order chi connectivity index (χ0) is 50.4. The van der Waals surface area contributed by atoms with E-state index in [4.69, 9.17) is 23.7 Å². The molecule has 12 nitrogen and oxygen atoms in total. The first kappa shape index (κ1) is 64.2. The molecule has 0 bridgehead atoms. The fourth-order valence-corrected chi connectivity index (χ4v) is 8.63. The summed E-state index contributed by atoms with van der Waals surface area (Å²) in [5, 5.41) is 31.4. The van der Waals surface area contributed by atoms with E-state index in [1.54, 1.807) is 0 Å². The van der Waals surface area contributed by atoms with E-state index in [0.29, 0.717) is 19.3 Å². The van der Waals surface area contributed by atoms with Crippen molar-refractivity contribution in [3.05, 3.63) is 24.3 Å². The third-order valence-electron chi connectivity index (χ3n) is 13.0. The maximum Gasteiger partial charge on any atom is 0.335 e. The van der Waals surface area contributed by atoms with E-state index in [0.717, 1.165) is 83.5 Å². The van der Waals surface area contributed by atoms with Gasteiger partial charge < -0.3 is 39.0 Å². The van der Waals surface area contributed by atoms with Gasteiger partial charge in [0.15, 0.2) is 24.6 Å². The molecule has 69 heavy (non-hydrogen) atoms. The minimum atomic E-state index is -1.90. The van der Waals surface area contributed by atoms with E-state index < -0.39 is 67.3 Å². The zero-order valence-corrected chi connectivity index (χ0v) is 44.1. The number of aliphatic hydroxyl groups excluding tert-OH is 2. The highest BCUT2D eigenvalue weighted by Crippen LogP contribution is 2.26. The van der Waals surface area contributed by atoms with Gasteiger partial charge in [0.2, 0.25) is 0 Å². The summed E-state index contributed by atoms with van der Waals surface area (Å²) in [5.41, 5.74) is 0. The van der Waals surface area contributed by atoms with Crippen LogP contribution in [0.4, 0.5) is 0 Å². The number of carbonyl (C=O) groups is 4. The molecule has 0 aromatic rings. The van der Waals surface area contributed by atoms with Crippen molar-refractivity contribution in [3.63, 3.8) is 0 Å². The number of aliphatic hydroxyl groups is 2. The monoisotopic (exact) mass is 979 g/mol. The van der Waals surface area contributed by atoms with Crippen molar-refractivity contribution in [1.82, 2.24) is 0 Å². The molecule has 0 spiro atoms. The smallest absolute Gasteiger partial charge is 0.335 e. The molecule has 0 aliphatic carbocycles. The molecule has 402 valence electrons. The van der Waals surface area contributed by atoms with Crippen LogP contribution in [0.15, 0.2) is 24.3 Å². The number of unbranched alkanes of at least 4 members (excludes halogenated alkanes) is 30. The molecule has 0 amide bonds. The van der Waals surface area contributed by atoms with Gasteiger partial charge >= 0.3 is 23.9 Å². The molecule has 1 saturated heterocycles. The summed E-state index contributed by atoms with van der Waals surface area (Å²) in [6.45, 7) is 5.94. The van der Waals surface area contributed by atoms with Crippen LogP contribution in [0.25, 0.3) is 0 Å². The van der Waals surface area contributed by atoms with Gasteiger partial charge in [-0.15, -0.1) is 0 Å². The van der Waals surface area contributed by atoms with E-state index in [1.807, 2.05) is 0 Å². The van der Waals surface area contributed by atoms with Crippen molar-refractivity contribution < 1.29 is 58.2 Å². The van der Waals surface area contributed by atoms with Crippen LogP contribution in [-0.4, -0.2) is 89.2 Å². The summed E-state index contributed by atoms with van der Waals surface area (Å²) in [7, 11) is 0. The normalized spacial score (nSPS) is 18.8. The fourth-order valence-electron chi connectivity index (χ4n) is 8.63. The van der Waals surface area contributed by atoms with E-state index in [9.17, 15) is 34.5 Å². The summed E-state index contributed by atoms with van der Waals surface area (Å²) < 4.78 is 28.3.